The second-order valence-corrected chi connectivity index (χ2v) is 6.00. The van der Waals surface area contributed by atoms with Gasteiger partial charge in [-0.3, -0.25) is 4.79 Å². The third kappa shape index (κ3) is 3.85. The number of benzene rings is 2. The van der Waals surface area contributed by atoms with Crippen LogP contribution in [0.5, 0.6) is 23.0 Å². The van der Waals surface area contributed by atoms with Crippen molar-refractivity contribution in [2.75, 3.05) is 13.7 Å². The maximum absolute atomic E-state index is 12.1. The summed E-state index contributed by atoms with van der Waals surface area (Å²) in [7, 11) is 1.46. The summed E-state index contributed by atoms with van der Waals surface area (Å²) in [5.41, 5.74) is 2.97. The fourth-order valence-corrected chi connectivity index (χ4v) is 2.63. The van der Waals surface area contributed by atoms with Gasteiger partial charge < -0.3 is 19.3 Å². The summed E-state index contributed by atoms with van der Waals surface area (Å²) < 4.78 is 16.7. The molecular weight excluding hydrogens is 392 g/mol. The van der Waals surface area contributed by atoms with Gasteiger partial charge in [0.2, 0.25) is 6.10 Å². The predicted molar refractivity (Wildman–Crippen MR) is 94.4 cm³/mol. The van der Waals surface area contributed by atoms with Gasteiger partial charge in [0.15, 0.2) is 23.0 Å². The number of amides is 1. The highest BCUT2D eigenvalue weighted by Crippen LogP contribution is 2.32. The number of aromatic hydroxyl groups is 1. The van der Waals surface area contributed by atoms with E-state index in [-0.39, 0.29) is 12.4 Å². The van der Waals surface area contributed by atoms with Crippen LogP contribution in [0.1, 0.15) is 5.56 Å². The number of ether oxygens (including phenoxy) is 3. The molecule has 0 aliphatic carbocycles. The van der Waals surface area contributed by atoms with Crippen molar-refractivity contribution in [1.29, 1.82) is 0 Å². The summed E-state index contributed by atoms with van der Waals surface area (Å²) in [6.07, 6.45) is 0.610. The van der Waals surface area contributed by atoms with Crippen LogP contribution in [-0.2, 0) is 4.79 Å². The van der Waals surface area contributed by atoms with Crippen LogP contribution in [-0.4, -0.2) is 37.0 Å². The molecule has 1 heterocycles. The van der Waals surface area contributed by atoms with E-state index >= 15 is 0 Å². The first-order valence-electron chi connectivity index (χ1n) is 7.36. The Bertz CT molecular complexity index is 825. The number of hydrogen-bond donors (Lipinski definition) is 2. The van der Waals surface area contributed by atoms with E-state index in [2.05, 4.69) is 26.5 Å². The van der Waals surface area contributed by atoms with Crippen LogP contribution in [0.25, 0.3) is 0 Å². The normalized spacial score (nSPS) is 15.8. The summed E-state index contributed by atoms with van der Waals surface area (Å²) in [6.45, 7) is 0.103. The van der Waals surface area contributed by atoms with Gasteiger partial charge in [-0.15, -0.1) is 0 Å². The summed E-state index contributed by atoms with van der Waals surface area (Å²) in [4.78, 5) is 12.1. The zero-order chi connectivity index (χ0) is 17.8. The fraction of sp³-hybridized carbons (Fsp3) is 0.176. The molecule has 0 spiro atoms. The number of hydrazone groups is 1. The van der Waals surface area contributed by atoms with Gasteiger partial charge in [0, 0.05) is 10.0 Å². The van der Waals surface area contributed by atoms with E-state index in [1.54, 1.807) is 24.3 Å². The first-order chi connectivity index (χ1) is 12.1. The van der Waals surface area contributed by atoms with E-state index in [0.29, 0.717) is 27.3 Å². The second-order valence-electron chi connectivity index (χ2n) is 5.14. The zero-order valence-electron chi connectivity index (χ0n) is 13.2. The Balaban J connectivity index is 1.63. The Labute approximate surface area is 152 Å². The van der Waals surface area contributed by atoms with Crippen LogP contribution in [0.3, 0.4) is 0 Å². The van der Waals surface area contributed by atoms with E-state index in [1.165, 1.54) is 19.4 Å². The summed E-state index contributed by atoms with van der Waals surface area (Å²) in [6, 6.07) is 10.2. The molecule has 8 heteroatoms. The molecule has 2 aromatic rings. The first kappa shape index (κ1) is 17.1. The highest BCUT2D eigenvalue weighted by Gasteiger charge is 2.27. The minimum Gasteiger partial charge on any atom is -0.504 e. The number of carbonyl (C=O) groups excluding carboxylic acids is 1. The number of carbonyl (C=O) groups is 1. The number of halogens is 1. The highest BCUT2D eigenvalue weighted by molar-refractivity contribution is 9.10. The fourth-order valence-electron chi connectivity index (χ4n) is 2.21. The van der Waals surface area contributed by atoms with Crippen LogP contribution < -0.4 is 19.6 Å². The van der Waals surface area contributed by atoms with Gasteiger partial charge in [0.05, 0.1) is 13.3 Å². The third-order valence-corrected chi connectivity index (χ3v) is 4.16. The molecule has 0 aromatic heterocycles. The van der Waals surface area contributed by atoms with Crippen molar-refractivity contribution in [2.45, 2.75) is 6.10 Å². The maximum Gasteiger partial charge on any atom is 0.284 e. The summed E-state index contributed by atoms with van der Waals surface area (Å²) >= 11 is 3.34. The van der Waals surface area contributed by atoms with Crippen molar-refractivity contribution in [2.24, 2.45) is 5.10 Å². The highest BCUT2D eigenvalue weighted by atomic mass is 79.9. The van der Waals surface area contributed by atoms with E-state index in [9.17, 15) is 9.90 Å². The maximum atomic E-state index is 12.1. The van der Waals surface area contributed by atoms with Crippen molar-refractivity contribution in [3.63, 3.8) is 0 Å². The van der Waals surface area contributed by atoms with Crippen LogP contribution >= 0.6 is 15.9 Å². The van der Waals surface area contributed by atoms with Gasteiger partial charge in [-0.2, -0.15) is 5.10 Å². The monoisotopic (exact) mass is 406 g/mol. The lowest BCUT2D eigenvalue weighted by molar-refractivity contribution is -0.130. The molecule has 2 aromatic carbocycles. The van der Waals surface area contributed by atoms with Gasteiger partial charge in [0.25, 0.3) is 5.91 Å². The number of nitrogens with zero attached hydrogens (tertiary/aromatic N) is 1. The number of phenols is 1. The molecule has 0 bridgehead atoms. The van der Waals surface area contributed by atoms with Gasteiger partial charge in [-0.1, -0.05) is 12.1 Å². The Morgan fingerprint density at radius 1 is 1.40 bits per heavy atom. The largest absolute Gasteiger partial charge is 0.504 e. The van der Waals surface area contributed by atoms with Crippen LogP contribution in [0, 0.1) is 0 Å². The molecule has 0 saturated heterocycles. The SMILES string of the molecule is COc1cc(Br)c(/C=N\NC(=O)[C@H]2COc3ccccc3O2)cc1O. The number of para-hydroxylation sites is 2. The molecule has 25 heavy (non-hydrogen) atoms. The van der Waals surface area contributed by atoms with Gasteiger partial charge >= 0.3 is 0 Å². The molecular formula is C17H15BrN2O5. The molecule has 1 atom stereocenters. The average Bonchev–Trinajstić information content (AvgIpc) is 2.63. The van der Waals surface area contributed by atoms with Crippen LogP contribution in [0.4, 0.5) is 0 Å². The number of fused-ring (bicyclic) bond motifs is 1. The molecule has 1 amide bonds. The molecule has 0 radical (unpaired) electrons. The molecule has 1 aliphatic heterocycles. The van der Waals surface area contributed by atoms with Crippen molar-refractivity contribution in [1.82, 2.24) is 5.43 Å². The second kappa shape index (κ2) is 7.43. The Morgan fingerprint density at radius 3 is 2.92 bits per heavy atom. The standard InChI is InChI=1S/C17H15BrN2O5/c1-23-15-7-11(18)10(6-12(15)21)8-19-20-17(22)16-9-24-13-4-2-3-5-14(13)25-16/h2-8,16,21H,9H2,1H3,(H,20,22)/b19-8-/t16-/m1/s1. The Hall–Kier alpha value is -2.74. The van der Waals surface area contributed by atoms with E-state index in [4.69, 9.17) is 14.2 Å². The molecule has 1 aliphatic rings. The minimum absolute atomic E-state index is 0.0286. The number of phenolic OH excluding ortho intramolecular Hbond substituents is 1. The number of rotatable bonds is 4. The lowest BCUT2D eigenvalue weighted by Crippen LogP contribution is -2.42. The quantitative estimate of drug-likeness (QED) is 0.601. The van der Waals surface area contributed by atoms with Crippen LogP contribution in [0.2, 0.25) is 0 Å². The van der Waals surface area contributed by atoms with Gasteiger partial charge in [0.1, 0.15) is 6.61 Å². The molecule has 130 valence electrons. The average molecular weight is 407 g/mol. The van der Waals surface area contributed by atoms with E-state index < -0.39 is 12.0 Å². The van der Waals surface area contributed by atoms with Crippen molar-refractivity contribution in [3.05, 3.63) is 46.4 Å². The lowest BCUT2D eigenvalue weighted by Gasteiger charge is -2.24. The van der Waals surface area contributed by atoms with Crippen molar-refractivity contribution < 1.29 is 24.1 Å². The van der Waals surface area contributed by atoms with E-state index in [0.717, 1.165) is 0 Å². The minimum atomic E-state index is -0.792. The number of hydrogen-bond acceptors (Lipinski definition) is 6. The summed E-state index contributed by atoms with van der Waals surface area (Å²) in [5, 5.41) is 13.7. The topological polar surface area (TPSA) is 89.4 Å². The molecule has 0 unspecified atom stereocenters. The molecule has 0 saturated carbocycles. The van der Waals surface area contributed by atoms with Crippen molar-refractivity contribution >= 4 is 28.1 Å². The van der Waals surface area contributed by atoms with E-state index in [1.807, 2.05) is 6.07 Å². The Kier molecular flexibility index (Phi) is 5.08. The number of methoxy groups -OCH3 is 1. The van der Waals surface area contributed by atoms with Gasteiger partial charge in [-0.05, 0) is 40.2 Å². The molecule has 0 fully saturated rings. The predicted octanol–water partition coefficient (Wildman–Crippen LogP) is 2.45. The molecule has 7 nitrogen and oxygen atoms in total. The molecule has 2 N–H and O–H groups in total. The number of nitrogens with one attached hydrogen (secondary N) is 1. The van der Waals surface area contributed by atoms with Gasteiger partial charge in [-0.25, -0.2) is 5.43 Å². The molecule has 3 rings (SSSR count). The van der Waals surface area contributed by atoms with Crippen LogP contribution in [0.15, 0.2) is 46.0 Å². The van der Waals surface area contributed by atoms with Crippen molar-refractivity contribution in [3.8, 4) is 23.0 Å². The Morgan fingerprint density at radius 2 is 2.16 bits per heavy atom. The first-order valence-corrected chi connectivity index (χ1v) is 8.15. The lowest BCUT2D eigenvalue weighted by atomic mass is 10.2. The third-order valence-electron chi connectivity index (χ3n) is 3.48. The smallest absolute Gasteiger partial charge is 0.284 e. The zero-order valence-corrected chi connectivity index (χ0v) is 14.8. The summed E-state index contributed by atoms with van der Waals surface area (Å²) in [5.74, 6) is 0.992.